The Bertz CT molecular complexity index is 2860. The molecule has 10 nitrogen and oxygen atoms in total. The maximum absolute atomic E-state index is 7.69. The van der Waals surface area contributed by atoms with E-state index in [1.807, 2.05) is 0 Å². The molecule has 7 aliphatic heterocycles. The fraction of sp³-hybridized carbons (Fsp3) is 0.333. The number of rotatable bonds is 5. The second-order valence-electron chi connectivity index (χ2n) is 16.8. The molecule has 3 fully saturated rings. The normalized spacial score (nSPS) is 21.9. The molecule has 1 unspecified atom stereocenters. The van der Waals surface area contributed by atoms with Gasteiger partial charge in [-0.25, -0.2) is 4.99 Å². The molecule has 1 atom stereocenters. The molecule has 3 saturated heterocycles. The zero-order valence-corrected chi connectivity index (χ0v) is 31.7. The summed E-state index contributed by atoms with van der Waals surface area (Å²) in [6.45, 7) is 4.20. The molecular formula is C45H44BN9O. The van der Waals surface area contributed by atoms with E-state index in [0.29, 0.717) is 0 Å². The summed E-state index contributed by atoms with van der Waals surface area (Å²) in [7, 11) is 0. The van der Waals surface area contributed by atoms with Crippen LogP contribution in [0.2, 0.25) is 0 Å². The lowest BCUT2D eigenvalue weighted by Crippen LogP contribution is -2.75. The highest BCUT2D eigenvalue weighted by Gasteiger charge is 2.59. The molecule has 0 amide bonds. The Morgan fingerprint density at radius 3 is 1.73 bits per heavy atom. The number of aliphatic imine (C=N–C) groups is 1. The number of aromatic nitrogens is 2. The second kappa shape index (κ2) is 11.6. The lowest BCUT2D eigenvalue weighted by molar-refractivity contribution is -0.291. The average Bonchev–Trinajstić information content (AvgIpc) is 3.89. The number of benzene rings is 4. The number of hydrogen-bond donors (Lipinski definition) is 0. The van der Waals surface area contributed by atoms with Crippen molar-refractivity contribution < 1.29 is 9.14 Å². The molecule has 2 aromatic heterocycles. The maximum atomic E-state index is 7.69. The summed E-state index contributed by atoms with van der Waals surface area (Å²) in [5.41, 5.74) is 7.78. The minimum absolute atomic E-state index is 0.800. The molecule has 4 aromatic carbocycles. The van der Waals surface area contributed by atoms with Gasteiger partial charge in [-0.15, -0.1) is 0 Å². The highest BCUT2D eigenvalue weighted by atomic mass is 16.5. The van der Waals surface area contributed by atoms with Crippen LogP contribution in [-0.4, -0.2) is 71.1 Å². The minimum Gasteiger partial charge on any atom is -0.648 e. The SMILES string of the molecule is c1ccc(O[B-]23n4c5c6ccc(N7CCCCC7)cc6c4N=c4c6ccc(N7CCCCC7)cc6c(n42)=NC2=[N+]3C(=N5)c3cc(N4CCCCC4)ccc32)cc1. The molecule has 56 heavy (non-hydrogen) atoms. The summed E-state index contributed by atoms with van der Waals surface area (Å²) in [5.74, 6) is 4.39. The van der Waals surface area contributed by atoms with E-state index >= 15 is 0 Å². The maximum Gasteiger partial charge on any atom is 0.568 e. The van der Waals surface area contributed by atoms with Crippen molar-refractivity contribution in [3.8, 4) is 5.75 Å². The standard InChI is InChI=1S/C45H44BN9O/c1-5-13-33(14-6-1)56-46-53-40-34-18-15-30(50-21-7-2-8-22-50)27-37(34)43(53)47-41-35-19-16-31(51-23-9-3-10-24-51)28-38(35)45(54(41)46)49-42-36-20-17-32(52-25-11-4-12-26-52)29-39(36)44(48-40)55(42)46/h1,5-6,13-20,27-29H,2-4,7-12,21-26H2. The predicted molar refractivity (Wildman–Crippen MR) is 225 cm³/mol. The van der Waals surface area contributed by atoms with Gasteiger partial charge in [0.25, 0.3) is 0 Å². The first kappa shape index (κ1) is 31.4. The van der Waals surface area contributed by atoms with Crippen molar-refractivity contribution in [1.29, 1.82) is 0 Å². The highest BCUT2D eigenvalue weighted by molar-refractivity contribution is 6.69. The van der Waals surface area contributed by atoms with Gasteiger partial charge in [0.05, 0.1) is 16.9 Å². The number of hydrogen-bond acceptors (Lipinski definition) is 7. The Kier molecular flexibility index (Phi) is 6.50. The summed E-state index contributed by atoms with van der Waals surface area (Å²) >= 11 is 0. The number of piperidine rings is 3. The smallest absolute Gasteiger partial charge is 0.568 e. The van der Waals surface area contributed by atoms with Crippen LogP contribution in [0.1, 0.15) is 68.9 Å². The summed E-state index contributed by atoms with van der Waals surface area (Å²) in [5, 5.41) is 4.43. The summed E-state index contributed by atoms with van der Waals surface area (Å²) in [6.07, 6.45) is 11.2. The number of para-hydroxylation sites is 1. The topological polar surface area (TPSA) is 68.9 Å². The Balaban J connectivity index is 1.15. The first-order valence-electron chi connectivity index (χ1n) is 21.1. The van der Waals surface area contributed by atoms with Crippen molar-refractivity contribution >= 4 is 68.7 Å². The van der Waals surface area contributed by atoms with Crippen LogP contribution in [-0.2, 0) is 0 Å². The molecule has 0 bridgehead atoms. The third kappa shape index (κ3) is 4.18. The van der Waals surface area contributed by atoms with E-state index in [1.54, 1.807) is 0 Å². The van der Waals surface area contributed by atoms with Gasteiger partial charge >= 0.3 is 6.75 Å². The summed E-state index contributed by atoms with van der Waals surface area (Å²) < 4.78 is 14.7. The van der Waals surface area contributed by atoms with E-state index in [2.05, 4.69) is 113 Å². The first-order valence-corrected chi connectivity index (χ1v) is 21.1. The van der Waals surface area contributed by atoms with E-state index in [1.165, 1.54) is 74.8 Å². The second-order valence-corrected chi connectivity index (χ2v) is 16.8. The van der Waals surface area contributed by atoms with E-state index < -0.39 is 6.75 Å². The molecule has 7 aliphatic rings. The lowest BCUT2D eigenvalue weighted by Gasteiger charge is -2.47. The summed E-state index contributed by atoms with van der Waals surface area (Å²) in [6, 6.07) is 31.2. The Morgan fingerprint density at radius 2 is 1.05 bits per heavy atom. The van der Waals surface area contributed by atoms with Gasteiger partial charge in [-0.3, -0.25) is 0 Å². The number of nitrogens with zero attached hydrogens (tertiary/aromatic N) is 9. The van der Waals surface area contributed by atoms with Gasteiger partial charge in [0.2, 0.25) is 11.7 Å². The van der Waals surface area contributed by atoms with Gasteiger partial charge in [-0.2, -0.15) is 0 Å². The molecule has 9 heterocycles. The molecule has 0 spiro atoms. The number of anilines is 3. The van der Waals surface area contributed by atoms with Crippen LogP contribution in [0, 0.1) is 0 Å². The first-order chi connectivity index (χ1) is 27.7. The van der Waals surface area contributed by atoms with Crippen molar-refractivity contribution in [3.05, 3.63) is 107 Å². The van der Waals surface area contributed by atoms with Gasteiger partial charge in [-0.1, -0.05) is 28.2 Å². The molecule has 6 aromatic rings. The monoisotopic (exact) mass is 737 g/mol. The zero-order valence-electron chi connectivity index (χ0n) is 31.7. The fourth-order valence-corrected chi connectivity index (χ4v) is 11.0. The van der Waals surface area contributed by atoms with Crippen LogP contribution in [0.4, 0.5) is 28.7 Å². The van der Waals surface area contributed by atoms with Crippen LogP contribution in [0.3, 0.4) is 0 Å². The predicted octanol–water partition coefficient (Wildman–Crippen LogP) is 7.24. The molecule has 0 saturated carbocycles. The fourth-order valence-electron chi connectivity index (χ4n) is 11.0. The Labute approximate surface area is 325 Å². The van der Waals surface area contributed by atoms with Crippen molar-refractivity contribution in [2.45, 2.75) is 57.8 Å². The van der Waals surface area contributed by atoms with E-state index in [9.17, 15) is 0 Å². The molecule has 0 radical (unpaired) electrons. The Morgan fingerprint density at radius 1 is 0.482 bits per heavy atom. The molecule has 278 valence electrons. The van der Waals surface area contributed by atoms with Crippen LogP contribution in [0.15, 0.2) is 99.9 Å². The van der Waals surface area contributed by atoms with Crippen LogP contribution in [0.5, 0.6) is 5.75 Å². The third-order valence-corrected chi connectivity index (χ3v) is 13.7. The van der Waals surface area contributed by atoms with Crippen molar-refractivity contribution in [2.75, 3.05) is 54.0 Å². The van der Waals surface area contributed by atoms with Gasteiger partial charge < -0.3 is 32.8 Å². The van der Waals surface area contributed by atoms with Crippen molar-refractivity contribution in [1.82, 2.24) is 8.96 Å². The van der Waals surface area contributed by atoms with Gasteiger partial charge in [0, 0.05) is 77.9 Å². The molecule has 0 N–H and O–H groups in total. The van der Waals surface area contributed by atoms with E-state index in [4.69, 9.17) is 19.6 Å². The Hall–Kier alpha value is -5.84. The molecule has 13 rings (SSSR count). The van der Waals surface area contributed by atoms with Crippen LogP contribution >= 0.6 is 0 Å². The minimum atomic E-state index is -2.29. The van der Waals surface area contributed by atoms with Gasteiger partial charge in [0.1, 0.15) is 11.3 Å². The number of fused-ring (bicyclic) bond motifs is 9. The van der Waals surface area contributed by atoms with Gasteiger partial charge in [-0.05, 0) is 125 Å². The summed E-state index contributed by atoms with van der Waals surface area (Å²) in [4.78, 5) is 24.7. The molecule has 11 heteroatoms. The van der Waals surface area contributed by atoms with Crippen LogP contribution < -0.4 is 30.3 Å². The quantitative estimate of drug-likeness (QED) is 0.175. The number of amidine groups is 2. The average molecular weight is 738 g/mol. The molecule has 0 aliphatic carbocycles. The van der Waals surface area contributed by atoms with Gasteiger partial charge in [0.15, 0.2) is 11.3 Å². The van der Waals surface area contributed by atoms with E-state index in [-0.39, 0.29) is 0 Å². The van der Waals surface area contributed by atoms with E-state index in [0.717, 1.165) is 112 Å². The molecular weight excluding hydrogens is 693 g/mol. The largest absolute Gasteiger partial charge is 0.648 e. The van der Waals surface area contributed by atoms with Crippen LogP contribution in [0.25, 0.3) is 21.5 Å². The van der Waals surface area contributed by atoms with Crippen molar-refractivity contribution in [3.63, 3.8) is 0 Å². The third-order valence-electron chi connectivity index (χ3n) is 13.7. The highest BCUT2D eigenvalue weighted by Crippen LogP contribution is 2.48. The lowest BCUT2D eigenvalue weighted by atomic mass is 9.75. The van der Waals surface area contributed by atoms with Crippen molar-refractivity contribution in [2.24, 2.45) is 15.0 Å². The zero-order chi connectivity index (χ0) is 36.5.